The SMILES string of the molecule is COc1ccc(N2C(=O)CC(c3cc(OC)c(OC)cc3OC)C3=C2CC(C)(C)CC3=O)cc1. The van der Waals surface area contributed by atoms with Gasteiger partial charge in [-0.15, -0.1) is 0 Å². The number of methoxy groups -OCH3 is 4. The molecule has 0 radical (unpaired) electrons. The highest BCUT2D eigenvalue weighted by Gasteiger charge is 2.45. The van der Waals surface area contributed by atoms with E-state index in [1.54, 1.807) is 39.4 Å². The zero-order valence-corrected chi connectivity index (χ0v) is 20.6. The van der Waals surface area contributed by atoms with Crippen LogP contribution in [0, 0.1) is 5.41 Å². The monoisotopic (exact) mass is 465 g/mol. The van der Waals surface area contributed by atoms with Gasteiger partial charge in [0.25, 0.3) is 0 Å². The second-order valence-electron chi connectivity index (χ2n) is 9.43. The largest absolute Gasteiger partial charge is 0.497 e. The maximum absolute atomic E-state index is 13.6. The van der Waals surface area contributed by atoms with Crippen molar-refractivity contribution in [3.8, 4) is 23.0 Å². The standard InChI is InChI=1S/C27H31NO6/c1-27(2)14-20-26(21(29)15-27)19(18-11-23(33-5)24(34-6)13-22(18)32-4)12-25(30)28(20)16-7-9-17(31-3)10-8-16/h7-11,13,19H,12,14-15H2,1-6H3. The average molecular weight is 466 g/mol. The predicted octanol–water partition coefficient (Wildman–Crippen LogP) is 4.88. The zero-order chi connectivity index (χ0) is 24.6. The van der Waals surface area contributed by atoms with Gasteiger partial charge in [-0.3, -0.25) is 14.5 Å². The van der Waals surface area contributed by atoms with Gasteiger partial charge in [-0.05, 0) is 42.2 Å². The Morgan fingerprint density at radius 3 is 2.03 bits per heavy atom. The summed E-state index contributed by atoms with van der Waals surface area (Å²) in [5, 5.41) is 0. The first-order chi connectivity index (χ1) is 16.2. The van der Waals surface area contributed by atoms with E-state index in [1.807, 2.05) is 30.3 Å². The van der Waals surface area contributed by atoms with Crippen LogP contribution in [0.25, 0.3) is 0 Å². The van der Waals surface area contributed by atoms with E-state index in [-0.39, 0.29) is 23.5 Å². The maximum Gasteiger partial charge on any atom is 0.232 e. The molecule has 1 unspecified atom stereocenters. The van der Waals surface area contributed by atoms with Gasteiger partial charge >= 0.3 is 0 Å². The molecular formula is C27H31NO6. The predicted molar refractivity (Wildman–Crippen MR) is 129 cm³/mol. The number of carbonyl (C=O) groups excluding carboxylic acids is 2. The molecule has 0 bridgehead atoms. The van der Waals surface area contributed by atoms with Crippen LogP contribution in [0.2, 0.25) is 0 Å². The summed E-state index contributed by atoms with van der Waals surface area (Å²) in [7, 11) is 6.29. The van der Waals surface area contributed by atoms with Gasteiger partial charge in [0, 0.05) is 47.3 Å². The fourth-order valence-corrected chi connectivity index (χ4v) is 5.04. The van der Waals surface area contributed by atoms with Gasteiger partial charge in [0.05, 0.1) is 28.4 Å². The van der Waals surface area contributed by atoms with E-state index in [2.05, 4.69) is 13.8 Å². The Hall–Kier alpha value is -3.48. The number of anilines is 1. The summed E-state index contributed by atoms with van der Waals surface area (Å²) in [6.45, 7) is 4.12. The van der Waals surface area contributed by atoms with Gasteiger partial charge < -0.3 is 18.9 Å². The molecule has 1 aliphatic heterocycles. The van der Waals surface area contributed by atoms with Crippen molar-refractivity contribution in [2.75, 3.05) is 33.3 Å². The smallest absolute Gasteiger partial charge is 0.232 e. The van der Waals surface area contributed by atoms with Crippen LogP contribution < -0.4 is 23.8 Å². The highest BCUT2D eigenvalue weighted by molar-refractivity contribution is 6.08. The minimum Gasteiger partial charge on any atom is -0.497 e. The Balaban J connectivity index is 1.91. The number of hydrogen-bond acceptors (Lipinski definition) is 6. The van der Waals surface area contributed by atoms with E-state index in [0.29, 0.717) is 41.4 Å². The van der Waals surface area contributed by atoms with E-state index < -0.39 is 5.92 Å². The number of Topliss-reactive ketones (excluding diaryl/α,β-unsaturated/α-hetero) is 1. The Labute approximate surface area is 200 Å². The van der Waals surface area contributed by atoms with E-state index in [4.69, 9.17) is 18.9 Å². The third-order valence-electron chi connectivity index (χ3n) is 6.58. The normalized spacial score (nSPS) is 19.6. The minimum absolute atomic E-state index is 0.0547. The number of rotatable bonds is 6. The number of benzene rings is 2. The molecule has 0 spiro atoms. The van der Waals surface area contributed by atoms with Crippen LogP contribution in [0.3, 0.4) is 0 Å². The van der Waals surface area contributed by atoms with Crippen molar-refractivity contribution in [1.29, 1.82) is 0 Å². The van der Waals surface area contributed by atoms with Crippen LogP contribution in [0.1, 0.15) is 44.6 Å². The van der Waals surface area contributed by atoms with Crippen molar-refractivity contribution in [1.82, 2.24) is 0 Å². The van der Waals surface area contributed by atoms with E-state index in [0.717, 1.165) is 16.9 Å². The number of hydrogen-bond donors (Lipinski definition) is 0. The number of ketones is 1. The Morgan fingerprint density at radius 1 is 0.824 bits per heavy atom. The quantitative estimate of drug-likeness (QED) is 0.605. The first-order valence-corrected chi connectivity index (χ1v) is 11.3. The summed E-state index contributed by atoms with van der Waals surface area (Å²) in [5.74, 6) is 1.85. The topological polar surface area (TPSA) is 74.3 Å². The lowest BCUT2D eigenvalue weighted by atomic mass is 9.69. The van der Waals surface area contributed by atoms with Crippen molar-refractivity contribution >= 4 is 17.4 Å². The molecule has 1 atom stereocenters. The molecule has 2 aliphatic rings. The number of allylic oxidation sites excluding steroid dienone is 2. The van der Waals surface area contributed by atoms with E-state index in [9.17, 15) is 9.59 Å². The summed E-state index contributed by atoms with van der Waals surface area (Å²) in [5.41, 5.74) is 2.62. The number of nitrogens with zero attached hydrogens (tertiary/aromatic N) is 1. The van der Waals surface area contributed by atoms with Crippen LogP contribution >= 0.6 is 0 Å². The molecule has 2 aromatic rings. The van der Waals surface area contributed by atoms with Crippen LogP contribution in [-0.4, -0.2) is 40.1 Å². The molecule has 0 saturated heterocycles. The molecule has 1 heterocycles. The molecule has 1 aliphatic carbocycles. The molecule has 0 fully saturated rings. The Bertz CT molecular complexity index is 1150. The highest BCUT2D eigenvalue weighted by atomic mass is 16.5. The second kappa shape index (κ2) is 9.05. The maximum atomic E-state index is 13.6. The molecule has 0 aromatic heterocycles. The molecule has 34 heavy (non-hydrogen) atoms. The van der Waals surface area contributed by atoms with Crippen LogP contribution in [0.15, 0.2) is 47.7 Å². The zero-order valence-electron chi connectivity index (χ0n) is 20.6. The summed E-state index contributed by atoms with van der Waals surface area (Å²) in [6.07, 6.45) is 1.17. The third kappa shape index (κ3) is 4.11. The lowest BCUT2D eigenvalue weighted by Crippen LogP contribution is -2.43. The Morgan fingerprint density at radius 2 is 1.44 bits per heavy atom. The fraction of sp³-hybridized carbons (Fsp3) is 0.407. The van der Waals surface area contributed by atoms with E-state index in [1.165, 1.54) is 0 Å². The summed E-state index contributed by atoms with van der Waals surface area (Å²) in [4.78, 5) is 28.9. The first kappa shape index (κ1) is 23.7. The van der Waals surface area contributed by atoms with Crippen LogP contribution in [-0.2, 0) is 9.59 Å². The third-order valence-corrected chi connectivity index (χ3v) is 6.58. The number of amides is 1. The van der Waals surface area contributed by atoms with Crippen molar-refractivity contribution in [2.45, 2.75) is 39.0 Å². The van der Waals surface area contributed by atoms with Crippen molar-refractivity contribution < 1.29 is 28.5 Å². The first-order valence-electron chi connectivity index (χ1n) is 11.3. The van der Waals surface area contributed by atoms with Gasteiger partial charge in [-0.25, -0.2) is 0 Å². The lowest BCUT2D eigenvalue weighted by Gasteiger charge is -2.43. The van der Waals surface area contributed by atoms with Crippen molar-refractivity contribution in [3.05, 3.63) is 53.2 Å². The molecular weight excluding hydrogens is 434 g/mol. The highest BCUT2D eigenvalue weighted by Crippen LogP contribution is 2.51. The van der Waals surface area contributed by atoms with Gasteiger partial charge in [-0.2, -0.15) is 0 Å². The molecule has 180 valence electrons. The number of carbonyl (C=O) groups is 2. The van der Waals surface area contributed by atoms with E-state index >= 15 is 0 Å². The Kier molecular flexibility index (Phi) is 6.30. The summed E-state index contributed by atoms with van der Waals surface area (Å²) < 4.78 is 21.9. The molecule has 0 saturated carbocycles. The fourth-order valence-electron chi connectivity index (χ4n) is 5.04. The summed E-state index contributed by atoms with van der Waals surface area (Å²) >= 11 is 0. The molecule has 2 aromatic carbocycles. The minimum atomic E-state index is -0.435. The second-order valence-corrected chi connectivity index (χ2v) is 9.43. The molecule has 1 amide bonds. The average Bonchev–Trinajstić information content (AvgIpc) is 2.81. The van der Waals surface area contributed by atoms with Crippen LogP contribution in [0.4, 0.5) is 5.69 Å². The van der Waals surface area contributed by atoms with Gasteiger partial charge in [0.1, 0.15) is 11.5 Å². The molecule has 7 nitrogen and oxygen atoms in total. The number of ether oxygens (including phenoxy) is 4. The van der Waals surface area contributed by atoms with Crippen molar-refractivity contribution in [2.24, 2.45) is 5.41 Å². The van der Waals surface area contributed by atoms with Crippen molar-refractivity contribution in [3.63, 3.8) is 0 Å². The van der Waals surface area contributed by atoms with Gasteiger partial charge in [-0.1, -0.05) is 13.8 Å². The molecule has 7 heteroatoms. The van der Waals surface area contributed by atoms with Crippen LogP contribution in [0.5, 0.6) is 23.0 Å². The summed E-state index contributed by atoms with van der Waals surface area (Å²) in [6, 6.07) is 10.9. The van der Waals surface area contributed by atoms with Gasteiger partial charge in [0.15, 0.2) is 17.3 Å². The van der Waals surface area contributed by atoms with Gasteiger partial charge in [0.2, 0.25) is 5.91 Å². The lowest BCUT2D eigenvalue weighted by molar-refractivity contribution is -0.121. The molecule has 4 rings (SSSR count). The molecule has 0 N–H and O–H groups in total.